The highest BCUT2D eigenvalue weighted by molar-refractivity contribution is 7.92. The number of hydrogen-bond donors (Lipinski definition) is 1. The van der Waals surface area contributed by atoms with Crippen molar-refractivity contribution in [2.24, 2.45) is 0 Å². The molecule has 0 bridgehead atoms. The zero-order valence-corrected chi connectivity index (χ0v) is 21.7. The predicted octanol–water partition coefficient (Wildman–Crippen LogP) is 3.66. The lowest BCUT2D eigenvalue weighted by Gasteiger charge is -2.31. The topological polar surface area (TPSA) is 86.8 Å². The summed E-state index contributed by atoms with van der Waals surface area (Å²) in [5.74, 6) is -0.697. The number of unbranched alkanes of at least 4 members (excludes halogenated alkanes) is 1. The summed E-state index contributed by atoms with van der Waals surface area (Å²) >= 11 is 0. The number of hydrogen-bond acceptors (Lipinski definition) is 4. The van der Waals surface area contributed by atoms with Gasteiger partial charge in [0.15, 0.2) is 0 Å². The standard InChI is InChI=1S/C26H37N3O4S/c1-6-8-16-27-26(31)21(4)28(18-23-11-9-10-20(3)17-23)25(30)19-29(34(5,32)33)24-14-12-22(7-2)13-15-24/h9-15,17,21H,6-8,16,18-19H2,1-5H3,(H,27,31). The molecule has 34 heavy (non-hydrogen) atoms. The van der Waals surface area contributed by atoms with Crippen LogP contribution in [0.5, 0.6) is 0 Å². The lowest BCUT2D eigenvalue weighted by molar-refractivity contribution is -0.139. The number of aryl methyl sites for hydroxylation is 2. The van der Waals surface area contributed by atoms with Crippen molar-refractivity contribution in [1.29, 1.82) is 0 Å². The minimum Gasteiger partial charge on any atom is -0.354 e. The average molecular weight is 488 g/mol. The number of nitrogens with one attached hydrogen (secondary N) is 1. The van der Waals surface area contributed by atoms with Crippen LogP contribution in [0.2, 0.25) is 0 Å². The van der Waals surface area contributed by atoms with E-state index < -0.39 is 22.0 Å². The number of nitrogens with zero attached hydrogens (tertiary/aromatic N) is 2. The van der Waals surface area contributed by atoms with Gasteiger partial charge >= 0.3 is 0 Å². The van der Waals surface area contributed by atoms with Gasteiger partial charge in [-0.15, -0.1) is 0 Å². The fraction of sp³-hybridized carbons (Fsp3) is 0.462. The lowest BCUT2D eigenvalue weighted by atomic mass is 10.1. The molecule has 1 N–H and O–H groups in total. The summed E-state index contributed by atoms with van der Waals surface area (Å²) in [5.41, 5.74) is 3.41. The molecule has 0 aliphatic heterocycles. The summed E-state index contributed by atoms with van der Waals surface area (Å²) in [6, 6.07) is 14.1. The second kappa shape index (κ2) is 12.6. The minimum atomic E-state index is -3.72. The Morgan fingerprint density at radius 3 is 2.26 bits per heavy atom. The first-order chi connectivity index (χ1) is 16.1. The van der Waals surface area contributed by atoms with Crippen LogP contribution in [0.25, 0.3) is 0 Å². The molecule has 0 radical (unpaired) electrons. The smallest absolute Gasteiger partial charge is 0.244 e. The molecule has 2 rings (SSSR count). The van der Waals surface area contributed by atoms with E-state index in [1.54, 1.807) is 19.1 Å². The van der Waals surface area contributed by atoms with Crippen LogP contribution in [-0.4, -0.2) is 50.5 Å². The molecular formula is C26H37N3O4S. The van der Waals surface area contributed by atoms with Crippen LogP contribution in [0.3, 0.4) is 0 Å². The van der Waals surface area contributed by atoms with Crippen LogP contribution in [0.15, 0.2) is 48.5 Å². The van der Waals surface area contributed by atoms with Gasteiger partial charge in [-0.1, -0.05) is 62.2 Å². The van der Waals surface area contributed by atoms with Crippen molar-refractivity contribution >= 4 is 27.5 Å². The van der Waals surface area contributed by atoms with E-state index in [1.807, 2.05) is 57.2 Å². The van der Waals surface area contributed by atoms with Crippen molar-refractivity contribution in [3.63, 3.8) is 0 Å². The highest BCUT2D eigenvalue weighted by atomic mass is 32.2. The van der Waals surface area contributed by atoms with E-state index in [9.17, 15) is 18.0 Å². The molecule has 1 atom stereocenters. The summed E-state index contributed by atoms with van der Waals surface area (Å²) in [6.45, 7) is 8.04. The van der Waals surface area contributed by atoms with E-state index in [0.29, 0.717) is 12.2 Å². The third-order valence-corrected chi connectivity index (χ3v) is 6.88. The molecule has 2 amide bonds. The van der Waals surface area contributed by atoms with E-state index in [-0.39, 0.29) is 19.0 Å². The van der Waals surface area contributed by atoms with Crippen molar-refractivity contribution in [3.05, 3.63) is 65.2 Å². The Balaban J connectivity index is 2.34. The molecule has 0 aromatic heterocycles. The van der Waals surface area contributed by atoms with Crippen molar-refractivity contribution in [1.82, 2.24) is 10.2 Å². The Kier molecular flexibility index (Phi) is 10.1. The maximum absolute atomic E-state index is 13.5. The van der Waals surface area contributed by atoms with Gasteiger partial charge in [0.25, 0.3) is 0 Å². The first-order valence-corrected chi connectivity index (χ1v) is 13.6. The molecule has 8 heteroatoms. The van der Waals surface area contributed by atoms with Gasteiger partial charge in [-0.3, -0.25) is 13.9 Å². The number of anilines is 1. The van der Waals surface area contributed by atoms with Gasteiger partial charge in [0, 0.05) is 13.1 Å². The van der Waals surface area contributed by atoms with Crippen LogP contribution in [0.4, 0.5) is 5.69 Å². The number of carbonyl (C=O) groups is 2. The Morgan fingerprint density at radius 2 is 1.71 bits per heavy atom. The quantitative estimate of drug-likeness (QED) is 0.463. The molecule has 0 aliphatic carbocycles. The van der Waals surface area contributed by atoms with E-state index >= 15 is 0 Å². The Hall–Kier alpha value is -2.87. The van der Waals surface area contributed by atoms with Gasteiger partial charge in [0.1, 0.15) is 12.6 Å². The molecule has 2 aromatic rings. The SMILES string of the molecule is CCCCNC(=O)C(C)N(Cc1cccc(C)c1)C(=O)CN(c1ccc(CC)cc1)S(C)(=O)=O. The second-order valence-electron chi connectivity index (χ2n) is 8.62. The second-order valence-corrected chi connectivity index (χ2v) is 10.5. The number of amides is 2. The largest absolute Gasteiger partial charge is 0.354 e. The van der Waals surface area contributed by atoms with Gasteiger partial charge in [-0.25, -0.2) is 8.42 Å². The molecule has 7 nitrogen and oxygen atoms in total. The van der Waals surface area contributed by atoms with Crippen LogP contribution < -0.4 is 9.62 Å². The van der Waals surface area contributed by atoms with Crippen molar-refractivity contribution in [2.75, 3.05) is 23.7 Å². The fourth-order valence-electron chi connectivity index (χ4n) is 3.64. The Labute approximate surface area is 204 Å². The molecule has 0 spiro atoms. The summed E-state index contributed by atoms with van der Waals surface area (Å²) in [4.78, 5) is 27.8. The molecule has 0 heterocycles. The van der Waals surface area contributed by atoms with Crippen LogP contribution >= 0.6 is 0 Å². The molecule has 0 saturated heterocycles. The summed E-state index contributed by atoms with van der Waals surface area (Å²) in [6.07, 6.45) is 3.70. The van der Waals surface area contributed by atoms with Crippen molar-refractivity contribution < 1.29 is 18.0 Å². The molecule has 0 aliphatic rings. The monoisotopic (exact) mass is 487 g/mol. The minimum absolute atomic E-state index is 0.204. The number of benzene rings is 2. The zero-order valence-electron chi connectivity index (χ0n) is 20.9. The first-order valence-electron chi connectivity index (χ1n) is 11.8. The molecule has 0 saturated carbocycles. The van der Waals surface area contributed by atoms with E-state index in [1.165, 1.54) is 4.90 Å². The number of carbonyl (C=O) groups excluding carboxylic acids is 2. The number of rotatable bonds is 12. The van der Waals surface area contributed by atoms with E-state index in [4.69, 9.17) is 0 Å². The normalized spacial score (nSPS) is 12.1. The summed E-state index contributed by atoms with van der Waals surface area (Å²) < 4.78 is 26.3. The van der Waals surface area contributed by atoms with Crippen LogP contribution in [0.1, 0.15) is 50.3 Å². The highest BCUT2D eigenvalue weighted by Gasteiger charge is 2.30. The van der Waals surface area contributed by atoms with Gasteiger partial charge in [-0.2, -0.15) is 0 Å². The highest BCUT2D eigenvalue weighted by Crippen LogP contribution is 2.20. The summed E-state index contributed by atoms with van der Waals surface area (Å²) in [5, 5.41) is 2.88. The number of sulfonamides is 1. The maximum Gasteiger partial charge on any atom is 0.244 e. The molecule has 2 aromatic carbocycles. The predicted molar refractivity (Wildman–Crippen MR) is 137 cm³/mol. The van der Waals surface area contributed by atoms with E-state index in [0.717, 1.165) is 46.5 Å². The van der Waals surface area contributed by atoms with Gasteiger partial charge in [0.05, 0.1) is 11.9 Å². The Bertz CT molecular complexity index is 1070. The van der Waals surface area contributed by atoms with Gasteiger partial charge < -0.3 is 10.2 Å². The third-order valence-electron chi connectivity index (χ3n) is 5.74. The maximum atomic E-state index is 13.5. The first kappa shape index (κ1) is 27.4. The fourth-order valence-corrected chi connectivity index (χ4v) is 4.49. The average Bonchev–Trinajstić information content (AvgIpc) is 2.80. The molecule has 186 valence electrons. The van der Waals surface area contributed by atoms with E-state index in [2.05, 4.69) is 5.32 Å². The van der Waals surface area contributed by atoms with Crippen LogP contribution in [-0.2, 0) is 32.6 Å². The van der Waals surface area contributed by atoms with Gasteiger partial charge in [-0.05, 0) is 49.9 Å². The van der Waals surface area contributed by atoms with Gasteiger partial charge in [0.2, 0.25) is 21.8 Å². The van der Waals surface area contributed by atoms with Crippen molar-refractivity contribution in [3.8, 4) is 0 Å². The molecule has 0 fully saturated rings. The summed E-state index contributed by atoms with van der Waals surface area (Å²) in [7, 11) is -3.72. The van der Waals surface area contributed by atoms with Crippen molar-refractivity contribution in [2.45, 2.75) is 59.5 Å². The lowest BCUT2D eigenvalue weighted by Crippen LogP contribution is -2.51. The Morgan fingerprint density at radius 1 is 1.03 bits per heavy atom. The van der Waals surface area contributed by atoms with Crippen LogP contribution in [0, 0.1) is 6.92 Å². The molecule has 1 unspecified atom stereocenters. The molecular weight excluding hydrogens is 450 g/mol. The third kappa shape index (κ3) is 7.87. The zero-order chi connectivity index (χ0) is 25.3.